The zero-order chi connectivity index (χ0) is 34.2. The molecule has 0 radical (unpaired) electrons. The number of para-hydroxylation sites is 1. The lowest BCUT2D eigenvalue weighted by molar-refractivity contribution is 0.270. The van der Waals surface area contributed by atoms with Crippen LogP contribution >= 0.6 is 0 Å². The fourth-order valence-electron chi connectivity index (χ4n) is 6.66. The van der Waals surface area contributed by atoms with E-state index in [0.717, 1.165) is 63.1 Å². The fraction of sp³-hybridized carbons (Fsp3) is 0.130. The number of aryl methyl sites for hydroxylation is 2. The Morgan fingerprint density at radius 2 is 1.08 bits per heavy atom. The summed E-state index contributed by atoms with van der Waals surface area (Å²) in [6.45, 7) is 0.763. The van der Waals surface area contributed by atoms with Crippen LogP contribution in [0.15, 0.2) is 167 Å². The summed E-state index contributed by atoms with van der Waals surface area (Å²) in [5.74, 6) is 3.14. The third kappa shape index (κ3) is 7.68. The van der Waals surface area contributed by atoms with Gasteiger partial charge in [0, 0.05) is 17.1 Å². The third-order valence-corrected chi connectivity index (χ3v) is 9.32. The molecule has 7 aromatic rings. The van der Waals surface area contributed by atoms with Crippen LogP contribution in [0.5, 0.6) is 11.5 Å². The number of anilines is 3. The van der Waals surface area contributed by atoms with Crippen molar-refractivity contribution in [1.29, 1.82) is 0 Å². The van der Waals surface area contributed by atoms with Crippen LogP contribution in [-0.2, 0) is 26.1 Å². The minimum Gasteiger partial charge on any atom is -0.486 e. The van der Waals surface area contributed by atoms with Crippen LogP contribution in [0.25, 0.3) is 11.6 Å². The smallest absolute Gasteiger partial charge is 0.146 e. The zero-order valence-electron chi connectivity index (χ0n) is 28.4. The second-order valence-electron chi connectivity index (χ2n) is 12.8. The molecule has 2 heterocycles. The van der Waals surface area contributed by atoms with Crippen molar-refractivity contribution >= 4 is 28.7 Å². The van der Waals surface area contributed by atoms with Gasteiger partial charge in [-0.3, -0.25) is 0 Å². The standard InChI is InChI=1S/C46H39NO4/c1-2-10-39(11-3-1)47(41-23-16-35-8-4-5-9-38(35)31-41)40-21-14-34(15-22-40)30-46(36-17-24-42(25-18-36)50-32-44-12-6-28-48-44)37-19-26-43(27-20-37)51-33-45-13-7-29-49-45/h1-3,6-7,10-31H,4-5,8-9,32-33H2. The number of rotatable bonds is 12. The molecule has 0 bridgehead atoms. The molecule has 0 fully saturated rings. The van der Waals surface area contributed by atoms with E-state index in [-0.39, 0.29) is 0 Å². The van der Waals surface area contributed by atoms with E-state index in [1.54, 1.807) is 12.5 Å². The molecule has 0 atom stereocenters. The number of furan rings is 2. The van der Waals surface area contributed by atoms with Crippen LogP contribution in [0, 0.1) is 0 Å². The van der Waals surface area contributed by atoms with Crippen molar-refractivity contribution in [2.45, 2.75) is 38.9 Å². The normalized spacial score (nSPS) is 12.2. The molecular formula is C46H39NO4. The Morgan fingerprint density at radius 1 is 0.529 bits per heavy atom. The van der Waals surface area contributed by atoms with E-state index in [9.17, 15) is 0 Å². The van der Waals surface area contributed by atoms with Gasteiger partial charge in [-0.05, 0) is 150 Å². The van der Waals surface area contributed by atoms with Gasteiger partial charge >= 0.3 is 0 Å². The number of benzene rings is 5. The highest BCUT2D eigenvalue weighted by atomic mass is 16.5. The molecule has 5 aromatic carbocycles. The lowest BCUT2D eigenvalue weighted by Crippen LogP contribution is -2.11. The van der Waals surface area contributed by atoms with E-state index in [4.69, 9.17) is 18.3 Å². The summed E-state index contributed by atoms with van der Waals surface area (Å²) in [4.78, 5) is 2.35. The Labute approximate surface area is 299 Å². The maximum atomic E-state index is 5.98. The Hall–Kier alpha value is -6.20. The predicted octanol–water partition coefficient (Wildman–Crippen LogP) is 12.0. The van der Waals surface area contributed by atoms with Gasteiger partial charge in [-0.1, -0.05) is 60.7 Å². The van der Waals surface area contributed by atoms with Crippen molar-refractivity contribution in [1.82, 2.24) is 0 Å². The second kappa shape index (κ2) is 15.1. The van der Waals surface area contributed by atoms with Gasteiger partial charge in [0.15, 0.2) is 0 Å². The summed E-state index contributed by atoms with van der Waals surface area (Å²) in [7, 11) is 0. The number of ether oxygens (including phenoxy) is 2. The lowest BCUT2D eigenvalue weighted by atomic mass is 9.91. The van der Waals surface area contributed by atoms with E-state index < -0.39 is 0 Å². The molecule has 0 aliphatic heterocycles. The monoisotopic (exact) mass is 669 g/mol. The van der Waals surface area contributed by atoms with Gasteiger partial charge in [-0.25, -0.2) is 0 Å². The topological polar surface area (TPSA) is 48.0 Å². The predicted molar refractivity (Wildman–Crippen MR) is 204 cm³/mol. The molecule has 0 amide bonds. The molecule has 5 heteroatoms. The van der Waals surface area contributed by atoms with Crippen molar-refractivity contribution in [3.8, 4) is 11.5 Å². The maximum Gasteiger partial charge on any atom is 0.146 e. The van der Waals surface area contributed by atoms with Crippen molar-refractivity contribution in [2.24, 2.45) is 0 Å². The molecule has 5 nitrogen and oxygen atoms in total. The van der Waals surface area contributed by atoms with Crippen LogP contribution in [0.4, 0.5) is 17.1 Å². The quantitative estimate of drug-likeness (QED) is 0.121. The summed E-state index contributed by atoms with van der Waals surface area (Å²) in [5, 5.41) is 0. The first-order valence-corrected chi connectivity index (χ1v) is 17.6. The molecular weight excluding hydrogens is 631 g/mol. The molecule has 51 heavy (non-hydrogen) atoms. The van der Waals surface area contributed by atoms with Crippen LogP contribution in [0.3, 0.4) is 0 Å². The molecule has 1 aliphatic rings. The molecule has 0 saturated carbocycles. The van der Waals surface area contributed by atoms with E-state index in [1.165, 1.54) is 36.1 Å². The second-order valence-corrected chi connectivity index (χ2v) is 12.8. The van der Waals surface area contributed by atoms with Gasteiger partial charge in [0.1, 0.15) is 36.2 Å². The number of fused-ring (bicyclic) bond motifs is 1. The molecule has 0 unspecified atom stereocenters. The molecule has 0 spiro atoms. The van der Waals surface area contributed by atoms with E-state index in [2.05, 4.69) is 108 Å². The first-order valence-electron chi connectivity index (χ1n) is 17.6. The highest BCUT2D eigenvalue weighted by molar-refractivity contribution is 5.92. The van der Waals surface area contributed by atoms with E-state index in [0.29, 0.717) is 13.2 Å². The molecule has 2 aromatic heterocycles. The first-order chi connectivity index (χ1) is 25.2. The highest BCUT2D eigenvalue weighted by Crippen LogP contribution is 2.37. The fourth-order valence-corrected chi connectivity index (χ4v) is 6.66. The summed E-state index contributed by atoms with van der Waals surface area (Å²) in [5.41, 5.74) is 10.7. The van der Waals surface area contributed by atoms with Crippen LogP contribution < -0.4 is 14.4 Å². The minimum atomic E-state index is 0.381. The highest BCUT2D eigenvalue weighted by Gasteiger charge is 2.16. The van der Waals surface area contributed by atoms with Crippen molar-refractivity contribution in [3.05, 3.63) is 197 Å². The average molecular weight is 670 g/mol. The van der Waals surface area contributed by atoms with Gasteiger partial charge in [0.05, 0.1) is 12.5 Å². The third-order valence-electron chi connectivity index (χ3n) is 9.32. The first kappa shape index (κ1) is 32.0. The van der Waals surface area contributed by atoms with Gasteiger partial charge in [0.25, 0.3) is 0 Å². The zero-order valence-corrected chi connectivity index (χ0v) is 28.4. The lowest BCUT2D eigenvalue weighted by Gasteiger charge is -2.27. The van der Waals surface area contributed by atoms with Crippen LogP contribution in [0.2, 0.25) is 0 Å². The SMILES string of the molecule is C(=C(c1ccc(OCc2ccco2)cc1)c1ccc(OCc2ccco2)cc1)c1ccc(N(c2ccccc2)c2ccc3c(c2)CCCC3)cc1. The number of nitrogens with zero attached hydrogens (tertiary/aromatic N) is 1. The molecule has 1 aliphatic carbocycles. The van der Waals surface area contributed by atoms with Crippen molar-refractivity contribution < 1.29 is 18.3 Å². The molecule has 0 saturated heterocycles. The average Bonchev–Trinajstić information content (AvgIpc) is 3.92. The Morgan fingerprint density at radius 3 is 1.65 bits per heavy atom. The molecule has 252 valence electrons. The summed E-state index contributed by atoms with van der Waals surface area (Å²) < 4.78 is 22.8. The van der Waals surface area contributed by atoms with Gasteiger partial charge < -0.3 is 23.2 Å². The van der Waals surface area contributed by atoms with Gasteiger partial charge in [-0.2, -0.15) is 0 Å². The maximum absolute atomic E-state index is 5.98. The van der Waals surface area contributed by atoms with Crippen LogP contribution in [-0.4, -0.2) is 0 Å². The largest absolute Gasteiger partial charge is 0.486 e. The minimum absolute atomic E-state index is 0.381. The van der Waals surface area contributed by atoms with Crippen molar-refractivity contribution in [2.75, 3.05) is 4.90 Å². The molecule has 0 N–H and O–H groups in total. The Kier molecular flexibility index (Phi) is 9.51. The van der Waals surface area contributed by atoms with Crippen molar-refractivity contribution in [3.63, 3.8) is 0 Å². The Bertz CT molecular complexity index is 2080. The summed E-state index contributed by atoms with van der Waals surface area (Å²) >= 11 is 0. The summed E-state index contributed by atoms with van der Waals surface area (Å²) in [6.07, 6.45) is 10.4. The van der Waals surface area contributed by atoms with Crippen LogP contribution in [0.1, 0.15) is 52.2 Å². The van der Waals surface area contributed by atoms with Gasteiger partial charge in [0.2, 0.25) is 0 Å². The number of hydrogen-bond donors (Lipinski definition) is 0. The summed E-state index contributed by atoms with van der Waals surface area (Å²) in [6, 6.07) is 50.4. The Balaban J connectivity index is 1.10. The molecule has 8 rings (SSSR count). The number of hydrogen-bond acceptors (Lipinski definition) is 5. The van der Waals surface area contributed by atoms with E-state index in [1.807, 2.05) is 48.5 Å². The van der Waals surface area contributed by atoms with Gasteiger partial charge in [-0.15, -0.1) is 0 Å². The van der Waals surface area contributed by atoms with E-state index >= 15 is 0 Å².